The molecule has 0 atom stereocenters. The number of anilines is 2. The number of carbonyl (C=O) groups excluding carboxylic acids is 1. The molecule has 1 amide bonds. The molecule has 0 aliphatic rings. The van der Waals surface area contributed by atoms with Gasteiger partial charge in [-0.05, 0) is 12.5 Å². The second-order valence-corrected chi connectivity index (χ2v) is 4.19. The van der Waals surface area contributed by atoms with E-state index in [1.54, 1.807) is 25.5 Å². The normalized spacial score (nSPS) is 10.2. The second kappa shape index (κ2) is 7.17. The average Bonchev–Trinajstić information content (AvgIpc) is 3.05. The molecule has 0 bridgehead atoms. The molecule has 0 spiro atoms. The van der Waals surface area contributed by atoms with Crippen molar-refractivity contribution >= 4 is 17.8 Å². The van der Waals surface area contributed by atoms with Crippen molar-refractivity contribution < 1.29 is 4.79 Å². The quantitative estimate of drug-likeness (QED) is 0.660. The van der Waals surface area contributed by atoms with Crippen LogP contribution in [0.25, 0.3) is 5.95 Å². The first-order valence-corrected chi connectivity index (χ1v) is 6.67. The minimum Gasteiger partial charge on any atom is -0.357 e. The van der Waals surface area contributed by atoms with Crippen LogP contribution in [0.2, 0.25) is 0 Å². The predicted molar refractivity (Wildman–Crippen MR) is 78.3 cm³/mol. The lowest BCUT2D eigenvalue weighted by atomic mass is 10.4. The first-order valence-electron chi connectivity index (χ1n) is 6.67. The summed E-state index contributed by atoms with van der Waals surface area (Å²) in [4.78, 5) is 24.1. The van der Waals surface area contributed by atoms with E-state index in [-0.39, 0.29) is 12.5 Å². The SMILES string of the molecule is CCCNC(=O)CNc1nc(NC)nc(-n2cccn2)n1. The van der Waals surface area contributed by atoms with Crippen molar-refractivity contribution in [1.82, 2.24) is 30.0 Å². The van der Waals surface area contributed by atoms with E-state index in [0.717, 1.165) is 6.42 Å². The van der Waals surface area contributed by atoms with E-state index in [1.807, 2.05) is 6.92 Å². The Morgan fingerprint density at radius 3 is 2.76 bits per heavy atom. The molecule has 2 aromatic rings. The Balaban J connectivity index is 2.08. The number of nitrogens with one attached hydrogen (secondary N) is 3. The molecule has 0 aliphatic carbocycles. The van der Waals surface area contributed by atoms with Crippen molar-refractivity contribution in [3.8, 4) is 5.95 Å². The monoisotopic (exact) mass is 290 g/mol. The Morgan fingerprint density at radius 1 is 1.29 bits per heavy atom. The fourth-order valence-corrected chi connectivity index (χ4v) is 1.53. The summed E-state index contributed by atoms with van der Waals surface area (Å²) < 4.78 is 1.52. The standard InChI is InChI=1S/C12H18N8O/c1-3-5-14-9(21)8-15-11-17-10(13-2)18-12(19-11)20-7-4-6-16-20/h4,6-7H,3,5,8H2,1-2H3,(H,14,21)(H2,13,15,17,18,19). The van der Waals surface area contributed by atoms with Crippen LogP contribution in [0.3, 0.4) is 0 Å². The molecule has 0 aliphatic heterocycles. The molecule has 112 valence electrons. The molecule has 2 heterocycles. The maximum atomic E-state index is 11.6. The Labute approximate surface area is 122 Å². The highest BCUT2D eigenvalue weighted by Gasteiger charge is 2.08. The largest absolute Gasteiger partial charge is 0.357 e. The number of rotatable bonds is 7. The Morgan fingerprint density at radius 2 is 2.10 bits per heavy atom. The number of carbonyl (C=O) groups is 1. The van der Waals surface area contributed by atoms with Crippen molar-refractivity contribution in [2.45, 2.75) is 13.3 Å². The number of amides is 1. The molecule has 0 fully saturated rings. The van der Waals surface area contributed by atoms with Crippen LogP contribution >= 0.6 is 0 Å². The van der Waals surface area contributed by atoms with Gasteiger partial charge in [-0.1, -0.05) is 6.92 Å². The van der Waals surface area contributed by atoms with Gasteiger partial charge < -0.3 is 16.0 Å². The minimum atomic E-state index is -0.107. The van der Waals surface area contributed by atoms with Crippen molar-refractivity contribution in [1.29, 1.82) is 0 Å². The summed E-state index contributed by atoms with van der Waals surface area (Å²) in [6, 6.07) is 1.77. The fraction of sp³-hybridized carbons (Fsp3) is 0.417. The van der Waals surface area contributed by atoms with Gasteiger partial charge in [-0.3, -0.25) is 4.79 Å². The van der Waals surface area contributed by atoms with E-state index in [9.17, 15) is 4.79 Å². The smallest absolute Gasteiger partial charge is 0.257 e. The molecule has 21 heavy (non-hydrogen) atoms. The van der Waals surface area contributed by atoms with Gasteiger partial charge in [0.05, 0.1) is 6.54 Å². The van der Waals surface area contributed by atoms with E-state index < -0.39 is 0 Å². The Hall–Kier alpha value is -2.71. The molecular formula is C12H18N8O. The van der Waals surface area contributed by atoms with Crippen LogP contribution in [0.4, 0.5) is 11.9 Å². The van der Waals surface area contributed by atoms with Crippen LogP contribution in [0, 0.1) is 0 Å². The summed E-state index contributed by atoms with van der Waals surface area (Å²) in [5, 5.41) is 12.6. The van der Waals surface area contributed by atoms with E-state index in [1.165, 1.54) is 4.68 Å². The van der Waals surface area contributed by atoms with E-state index in [0.29, 0.717) is 24.4 Å². The zero-order chi connectivity index (χ0) is 15.1. The number of nitrogens with zero attached hydrogens (tertiary/aromatic N) is 5. The van der Waals surface area contributed by atoms with Gasteiger partial charge in [0.1, 0.15) is 0 Å². The summed E-state index contributed by atoms with van der Waals surface area (Å²) in [5.41, 5.74) is 0. The number of hydrogen-bond donors (Lipinski definition) is 3. The van der Waals surface area contributed by atoms with Gasteiger partial charge in [0.15, 0.2) is 0 Å². The van der Waals surface area contributed by atoms with E-state index >= 15 is 0 Å². The Bertz CT molecular complexity index is 583. The molecule has 0 aromatic carbocycles. The van der Waals surface area contributed by atoms with Crippen LogP contribution in [0.15, 0.2) is 18.5 Å². The summed E-state index contributed by atoms with van der Waals surface area (Å²) in [7, 11) is 1.71. The molecule has 0 radical (unpaired) electrons. The zero-order valence-electron chi connectivity index (χ0n) is 12.0. The molecule has 0 unspecified atom stereocenters. The number of hydrogen-bond acceptors (Lipinski definition) is 7. The summed E-state index contributed by atoms with van der Waals surface area (Å²) in [6.07, 6.45) is 4.26. The van der Waals surface area contributed by atoms with E-state index in [2.05, 4.69) is 36.0 Å². The van der Waals surface area contributed by atoms with Crippen molar-refractivity contribution in [3.63, 3.8) is 0 Å². The van der Waals surface area contributed by atoms with Crippen LogP contribution in [-0.2, 0) is 4.79 Å². The Kier molecular flexibility index (Phi) is 5.02. The highest BCUT2D eigenvalue weighted by Crippen LogP contribution is 2.07. The van der Waals surface area contributed by atoms with Crippen LogP contribution in [0.1, 0.15) is 13.3 Å². The van der Waals surface area contributed by atoms with Crippen molar-refractivity contribution in [3.05, 3.63) is 18.5 Å². The molecule has 0 saturated heterocycles. The molecule has 9 nitrogen and oxygen atoms in total. The first-order chi connectivity index (χ1) is 10.2. The predicted octanol–water partition coefficient (Wildman–Crippen LogP) is 0.0371. The molecule has 2 rings (SSSR count). The van der Waals surface area contributed by atoms with Gasteiger partial charge in [-0.15, -0.1) is 0 Å². The van der Waals surface area contributed by atoms with Gasteiger partial charge in [0.2, 0.25) is 17.8 Å². The molecule has 3 N–H and O–H groups in total. The molecule has 2 aromatic heterocycles. The van der Waals surface area contributed by atoms with Gasteiger partial charge >= 0.3 is 0 Å². The molecule has 9 heteroatoms. The molecule has 0 saturated carbocycles. The lowest BCUT2D eigenvalue weighted by molar-refractivity contribution is -0.119. The van der Waals surface area contributed by atoms with Gasteiger partial charge in [0.25, 0.3) is 5.95 Å². The highest BCUT2D eigenvalue weighted by atomic mass is 16.1. The summed E-state index contributed by atoms with van der Waals surface area (Å²) in [5.74, 6) is 0.971. The van der Waals surface area contributed by atoms with Crippen LogP contribution in [-0.4, -0.2) is 50.8 Å². The minimum absolute atomic E-state index is 0.103. The van der Waals surface area contributed by atoms with Crippen molar-refractivity contribution in [2.24, 2.45) is 0 Å². The lowest BCUT2D eigenvalue weighted by Gasteiger charge is -2.08. The van der Waals surface area contributed by atoms with Gasteiger partial charge in [-0.2, -0.15) is 20.1 Å². The topological polar surface area (TPSA) is 110 Å². The third kappa shape index (κ3) is 4.13. The third-order valence-electron chi connectivity index (χ3n) is 2.54. The summed E-state index contributed by atoms with van der Waals surface area (Å²) in [6.45, 7) is 2.75. The molecular weight excluding hydrogens is 272 g/mol. The number of aromatic nitrogens is 5. The van der Waals surface area contributed by atoms with E-state index in [4.69, 9.17) is 0 Å². The summed E-state index contributed by atoms with van der Waals surface area (Å²) >= 11 is 0. The lowest BCUT2D eigenvalue weighted by Crippen LogP contribution is -2.30. The zero-order valence-corrected chi connectivity index (χ0v) is 12.0. The maximum Gasteiger partial charge on any atom is 0.257 e. The second-order valence-electron chi connectivity index (χ2n) is 4.19. The van der Waals surface area contributed by atoms with Gasteiger partial charge in [0, 0.05) is 26.0 Å². The fourth-order valence-electron chi connectivity index (χ4n) is 1.53. The van der Waals surface area contributed by atoms with Crippen molar-refractivity contribution in [2.75, 3.05) is 30.8 Å². The average molecular weight is 290 g/mol. The first kappa shape index (κ1) is 14.7. The third-order valence-corrected chi connectivity index (χ3v) is 2.54. The maximum absolute atomic E-state index is 11.6. The van der Waals surface area contributed by atoms with Crippen LogP contribution in [0.5, 0.6) is 0 Å². The highest BCUT2D eigenvalue weighted by molar-refractivity contribution is 5.80. The van der Waals surface area contributed by atoms with Crippen LogP contribution < -0.4 is 16.0 Å². The van der Waals surface area contributed by atoms with Gasteiger partial charge in [-0.25, -0.2) is 4.68 Å².